The summed E-state index contributed by atoms with van der Waals surface area (Å²) in [7, 11) is 0. The minimum atomic E-state index is -0.302. The van der Waals surface area contributed by atoms with Crippen molar-refractivity contribution in [2.75, 3.05) is 0 Å². The summed E-state index contributed by atoms with van der Waals surface area (Å²) in [5, 5.41) is 3.89. The van der Waals surface area contributed by atoms with Gasteiger partial charge in [0.2, 0.25) is 0 Å². The van der Waals surface area contributed by atoms with Crippen LogP contribution >= 0.6 is 15.9 Å². The van der Waals surface area contributed by atoms with Crippen molar-refractivity contribution in [1.29, 1.82) is 0 Å². The Hall–Kier alpha value is -2.73. The van der Waals surface area contributed by atoms with Crippen LogP contribution in [0, 0.1) is 0 Å². The Labute approximate surface area is 141 Å². The van der Waals surface area contributed by atoms with Crippen LogP contribution in [-0.4, -0.2) is 17.1 Å². The molecule has 5 nitrogen and oxygen atoms in total. The molecule has 1 aromatic carbocycles. The van der Waals surface area contributed by atoms with Gasteiger partial charge < -0.3 is 4.42 Å². The molecule has 114 valence electrons. The fraction of sp³-hybridized carbons (Fsp3) is 0. The van der Waals surface area contributed by atoms with E-state index in [2.05, 4.69) is 31.4 Å². The van der Waals surface area contributed by atoms with E-state index in [-0.39, 0.29) is 5.91 Å². The Morgan fingerprint density at radius 1 is 1.09 bits per heavy atom. The fourth-order valence-electron chi connectivity index (χ4n) is 1.91. The highest BCUT2D eigenvalue weighted by atomic mass is 79.9. The van der Waals surface area contributed by atoms with Crippen molar-refractivity contribution in [3.63, 3.8) is 0 Å². The van der Waals surface area contributed by atoms with Crippen LogP contribution < -0.4 is 5.43 Å². The molecule has 0 saturated heterocycles. The van der Waals surface area contributed by atoms with E-state index in [1.165, 1.54) is 6.21 Å². The van der Waals surface area contributed by atoms with E-state index in [1.54, 1.807) is 30.6 Å². The molecule has 23 heavy (non-hydrogen) atoms. The Kier molecular flexibility index (Phi) is 4.63. The molecule has 1 N–H and O–H groups in total. The van der Waals surface area contributed by atoms with E-state index < -0.39 is 0 Å². The predicted molar refractivity (Wildman–Crippen MR) is 91.1 cm³/mol. The lowest BCUT2D eigenvalue weighted by Crippen LogP contribution is -2.17. The molecule has 0 spiro atoms. The summed E-state index contributed by atoms with van der Waals surface area (Å²) in [5.74, 6) is 0.987. The molecule has 3 rings (SSSR count). The Bertz CT molecular complexity index is 827. The molecule has 3 aromatic rings. The molecular weight excluding hydrogens is 358 g/mol. The molecule has 2 heterocycles. The number of aromatic nitrogens is 1. The maximum Gasteiger partial charge on any atom is 0.271 e. The van der Waals surface area contributed by atoms with Gasteiger partial charge in [0.1, 0.15) is 11.5 Å². The first kappa shape index (κ1) is 15.2. The van der Waals surface area contributed by atoms with Gasteiger partial charge >= 0.3 is 0 Å². The molecule has 6 heteroatoms. The first-order chi connectivity index (χ1) is 11.2. The number of hydrogen-bond acceptors (Lipinski definition) is 4. The number of hydrogen-bond donors (Lipinski definition) is 1. The average molecular weight is 370 g/mol. The van der Waals surface area contributed by atoms with Gasteiger partial charge in [0, 0.05) is 28.0 Å². The van der Waals surface area contributed by atoms with E-state index >= 15 is 0 Å². The minimum absolute atomic E-state index is 0.302. The molecular formula is C17H12BrN3O2. The zero-order valence-electron chi connectivity index (χ0n) is 11.9. The number of benzene rings is 1. The summed E-state index contributed by atoms with van der Waals surface area (Å²) in [4.78, 5) is 15.7. The van der Waals surface area contributed by atoms with Crippen molar-refractivity contribution in [1.82, 2.24) is 10.4 Å². The second kappa shape index (κ2) is 7.02. The molecule has 0 aliphatic carbocycles. The van der Waals surface area contributed by atoms with Gasteiger partial charge in [-0.3, -0.25) is 9.78 Å². The Morgan fingerprint density at radius 3 is 2.57 bits per heavy atom. The third kappa shape index (κ3) is 3.92. The van der Waals surface area contributed by atoms with Crippen LogP contribution in [0.5, 0.6) is 0 Å². The third-order valence-corrected chi connectivity index (χ3v) is 3.58. The van der Waals surface area contributed by atoms with Crippen LogP contribution in [0.15, 0.2) is 74.9 Å². The minimum Gasteiger partial charge on any atom is -0.455 e. The van der Waals surface area contributed by atoms with Crippen LogP contribution in [0.1, 0.15) is 16.1 Å². The van der Waals surface area contributed by atoms with Gasteiger partial charge in [-0.2, -0.15) is 5.10 Å². The molecule has 0 radical (unpaired) electrons. The predicted octanol–water partition coefficient (Wildman–Crippen LogP) is 3.87. The highest BCUT2D eigenvalue weighted by Crippen LogP contribution is 2.23. The molecule has 0 atom stereocenters. The summed E-state index contributed by atoms with van der Waals surface area (Å²) >= 11 is 3.39. The number of halogens is 1. The van der Waals surface area contributed by atoms with Crippen molar-refractivity contribution in [2.24, 2.45) is 5.10 Å². The van der Waals surface area contributed by atoms with Crippen LogP contribution in [0.3, 0.4) is 0 Å². The van der Waals surface area contributed by atoms with Crippen molar-refractivity contribution in [2.45, 2.75) is 0 Å². The molecule has 0 bridgehead atoms. The molecule has 0 unspecified atom stereocenters. The molecule has 1 amide bonds. The molecule has 2 aromatic heterocycles. The van der Waals surface area contributed by atoms with Gasteiger partial charge in [0.25, 0.3) is 5.91 Å². The van der Waals surface area contributed by atoms with Gasteiger partial charge in [-0.05, 0) is 36.4 Å². The highest BCUT2D eigenvalue weighted by molar-refractivity contribution is 9.10. The molecule has 0 fully saturated rings. The van der Waals surface area contributed by atoms with Crippen LogP contribution in [0.25, 0.3) is 11.3 Å². The van der Waals surface area contributed by atoms with Gasteiger partial charge in [0.05, 0.1) is 6.21 Å². The SMILES string of the molecule is O=C(N/N=C\c1ccc(-c2ccc(Br)cc2)o1)c1ccncc1. The maximum absolute atomic E-state index is 11.8. The van der Waals surface area contributed by atoms with Crippen molar-refractivity contribution >= 4 is 28.1 Å². The summed E-state index contributed by atoms with van der Waals surface area (Å²) < 4.78 is 6.68. The molecule has 0 aliphatic heterocycles. The number of nitrogens with zero attached hydrogens (tertiary/aromatic N) is 2. The van der Waals surface area contributed by atoms with E-state index in [9.17, 15) is 4.79 Å². The Balaban J connectivity index is 1.65. The van der Waals surface area contributed by atoms with Crippen LogP contribution in [0.4, 0.5) is 0 Å². The van der Waals surface area contributed by atoms with E-state index in [0.29, 0.717) is 11.3 Å². The highest BCUT2D eigenvalue weighted by Gasteiger charge is 2.04. The van der Waals surface area contributed by atoms with Crippen molar-refractivity contribution in [3.8, 4) is 11.3 Å². The van der Waals surface area contributed by atoms with E-state index in [0.717, 1.165) is 15.8 Å². The summed E-state index contributed by atoms with van der Waals surface area (Å²) in [6, 6.07) is 14.7. The zero-order chi connectivity index (χ0) is 16.1. The lowest BCUT2D eigenvalue weighted by molar-refractivity contribution is 0.0955. The number of pyridine rings is 1. The van der Waals surface area contributed by atoms with Crippen molar-refractivity contribution in [3.05, 3.63) is 76.7 Å². The van der Waals surface area contributed by atoms with Gasteiger partial charge in [-0.1, -0.05) is 28.1 Å². The average Bonchev–Trinajstić information content (AvgIpc) is 3.05. The number of carbonyl (C=O) groups is 1. The smallest absolute Gasteiger partial charge is 0.271 e. The summed E-state index contributed by atoms with van der Waals surface area (Å²) in [5.41, 5.74) is 3.90. The monoisotopic (exact) mass is 369 g/mol. The summed E-state index contributed by atoms with van der Waals surface area (Å²) in [6.07, 6.45) is 4.56. The third-order valence-electron chi connectivity index (χ3n) is 3.06. The Morgan fingerprint density at radius 2 is 1.83 bits per heavy atom. The maximum atomic E-state index is 11.8. The van der Waals surface area contributed by atoms with E-state index in [4.69, 9.17) is 4.42 Å². The second-order valence-corrected chi connectivity index (χ2v) is 5.56. The topological polar surface area (TPSA) is 67.5 Å². The standard InChI is InChI=1S/C17H12BrN3O2/c18-14-3-1-12(2-4-14)16-6-5-15(23-16)11-20-21-17(22)13-7-9-19-10-8-13/h1-11H,(H,21,22)/b20-11-. The quantitative estimate of drug-likeness (QED) is 0.560. The number of rotatable bonds is 4. The summed E-state index contributed by atoms with van der Waals surface area (Å²) in [6.45, 7) is 0. The van der Waals surface area contributed by atoms with E-state index in [1.807, 2.05) is 30.3 Å². The number of furan rings is 1. The largest absolute Gasteiger partial charge is 0.455 e. The number of nitrogens with one attached hydrogen (secondary N) is 1. The first-order valence-corrected chi connectivity index (χ1v) is 7.61. The van der Waals surface area contributed by atoms with Gasteiger partial charge in [-0.15, -0.1) is 0 Å². The normalized spacial score (nSPS) is 10.8. The zero-order valence-corrected chi connectivity index (χ0v) is 13.5. The lowest BCUT2D eigenvalue weighted by atomic mass is 10.2. The number of hydrazone groups is 1. The number of carbonyl (C=O) groups excluding carboxylic acids is 1. The van der Waals surface area contributed by atoms with Crippen molar-refractivity contribution < 1.29 is 9.21 Å². The van der Waals surface area contributed by atoms with Crippen LogP contribution in [0.2, 0.25) is 0 Å². The first-order valence-electron chi connectivity index (χ1n) is 6.81. The molecule has 0 saturated carbocycles. The van der Waals surface area contributed by atoms with Gasteiger partial charge in [-0.25, -0.2) is 5.43 Å². The fourth-order valence-corrected chi connectivity index (χ4v) is 2.18. The second-order valence-electron chi connectivity index (χ2n) is 4.64. The lowest BCUT2D eigenvalue weighted by Gasteiger charge is -1.98. The van der Waals surface area contributed by atoms with Gasteiger partial charge in [0.15, 0.2) is 0 Å². The molecule has 0 aliphatic rings. The number of amides is 1. The van der Waals surface area contributed by atoms with Crippen LogP contribution in [-0.2, 0) is 0 Å².